The molecular formula is C11H20O. The van der Waals surface area contributed by atoms with Crippen molar-refractivity contribution >= 4 is 0 Å². The van der Waals surface area contributed by atoms with Gasteiger partial charge in [0.15, 0.2) is 0 Å². The Hall–Kier alpha value is -0.300. The van der Waals surface area contributed by atoms with Crippen LogP contribution in [0.1, 0.15) is 46.0 Å². The highest BCUT2D eigenvalue weighted by Crippen LogP contribution is 2.27. The third kappa shape index (κ3) is 2.98. The van der Waals surface area contributed by atoms with Crippen LogP contribution in [0, 0.1) is 5.92 Å². The fraction of sp³-hybridized carbons (Fsp3) is 0.818. The molecule has 0 saturated carbocycles. The minimum atomic E-state index is -0.0678. The number of hydrogen-bond acceptors (Lipinski definition) is 1. The van der Waals surface area contributed by atoms with Gasteiger partial charge in [0.25, 0.3) is 0 Å². The largest absolute Gasteiger partial charge is 0.393 e. The average molecular weight is 168 g/mol. The van der Waals surface area contributed by atoms with Crippen molar-refractivity contribution in [3.05, 3.63) is 11.6 Å². The number of rotatable bonds is 3. The Kier molecular flexibility index (Phi) is 3.80. The molecular weight excluding hydrogens is 148 g/mol. The standard InChI is InChI=1S/C11H20O/c1-3-11(12)8-10-6-4-9(2)5-7-10/h4,10-12H,3,5-8H2,1-2H3. The molecule has 0 saturated heterocycles. The van der Waals surface area contributed by atoms with Crippen molar-refractivity contribution in [2.45, 2.75) is 52.1 Å². The summed E-state index contributed by atoms with van der Waals surface area (Å²) in [5.74, 6) is 0.739. The zero-order valence-electron chi connectivity index (χ0n) is 8.21. The van der Waals surface area contributed by atoms with E-state index >= 15 is 0 Å². The fourth-order valence-electron chi connectivity index (χ4n) is 1.79. The van der Waals surface area contributed by atoms with E-state index in [0.717, 1.165) is 18.8 Å². The maximum Gasteiger partial charge on any atom is 0.0540 e. The van der Waals surface area contributed by atoms with E-state index in [1.54, 1.807) is 0 Å². The first-order chi connectivity index (χ1) is 5.72. The van der Waals surface area contributed by atoms with Crippen molar-refractivity contribution in [2.24, 2.45) is 5.92 Å². The van der Waals surface area contributed by atoms with Crippen LogP contribution in [0.25, 0.3) is 0 Å². The number of aliphatic hydroxyl groups is 1. The minimum Gasteiger partial charge on any atom is -0.393 e. The van der Waals surface area contributed by atoms with Crippen molar-refractivity contribution in [2.75, 3.05) is 0 Å². The van der Waals surface area contributed by atoms with E-state index in [-0.39, 0.29) is 6.10 Å². The van der Waals surface area contributed by atoms with Crippen LogP contribution in [0.3, 0.4) is 0 Å². The number of hydrogen-bond donors (Lipinski definition) is 1. The molecule has 1 heteroatoms. The molecule has 1 nitrogen and oxygen atoms in total. The van der Waals surface area contributed by atoms with Crippen LogP contribution >= 0.6 is 0 Å². The summed E-state index contributed by atoms with van der Waals surface area (Å²) in [4.78, 5) is 0. The molecule has 0 aromatic carbocycles. The van der Waals surface area contributed by atoms with E-state index in [1.165, 1.54) is 24.8 Å². The lowest BCUT2D eigenvalue weighted by molar-refractivity contribution is 0.135. The van der Waals surface area contributed by atoms with Crippen LogP contribution in [0.15, 0.2) is 11.6 Å². The molecule has 2 unspecified atom stereocenters. The summed E-state index contributed by atoms with van der Waals surface area (Å²) in [7, 11) is 0. The summed E-state index contributed by atoms with van der Waals surface area (Å²) in [6, 6.07) is 0. The molecule has 1 aliphatic rings. The Morgan fingerprint density at radius 3 is 2.92 bits per heavy atom. The molecule has 0 aromatic rings. The van der Waals surface area contributed by atoms with Gasteiger partial charge >= 0.3 is 0 Å². The van der Waals surface area contributed by atoms with Gasteiger partial charge in [-0.25, -0.2) is 0 Å². The van der Waals surface area contributed by atoms with Gasteiger partial charge in [-0.3, -0.25) is 0 Å². The van der Waals surface area contributed by atoms with E-state index < -0.39 is 0 Å². The molecule has 2 atom stereocenters. The van der Waals surface area contributed by atoms with E-state index in [4.69, 9.17) is 0 Å². The summed E-state index contributed by atoms with van der Waals surface area (Å²) in [5.41, 5.74) is 1.53. The van der Waals surface area contributed by atoms with Gasteiger partial charge in [-0.15, -0.1) is 0 Å². The van der Waals surface area contributed by atoms with Crippen LogP contribution in [-0.4, -0.2) is 11.2 Å². The Morgan fingerprint density at radius 2 is 2.42 bits per heavy atom. The quantitative estimate of drug-likeness (QED) is 0.642. The predicted octanol–water partition coefficient (Wildman–Crippen LogP) is 2.89. The highest BCUT2D eigenvalue weighted by atomic mass is 16.3. The van der Waals surface area contributed by atoms with Crippen molar-refractivity contribution in [3.8, 4) is 0 Å². The van der Waals surface area contributed by atoms with Gasteiger partial charge in [0, 0.05) is 0 Å². The summed E-state index contributed by atoms with van der Waals surface area (Å²) >= 11 is 0. The predicted molar refractivity (Wildman–Crippen MR) is 52.0 cm³/mol. The van der Waals surface area contributed by atoms with Gasteiger partial charge in [0.1, 0.15) is 0 Å². The fourth-order valence-corrected chi connectivity index (χ4v) is 1.79. The van der Waals surface area contributed by atoms with Gasteiger partial charge in [0.2, 0.25) is 0 Å². The van der Waals surface area contributed by atoms with E-state index in [9.17, 15) is 5.11 Å². The Bertz CT molecular complexity index is 160. The molecule has 1 N–H and O–H groups in total. The minimum absolute atomic E-state index is 0.0678. The number of allylic oxidation sites excluding steroid dienone is 2. The average Bonchev–Trinajstić information content (AvgIpc) is 2.09. The summed E-state index contributed by atoms with van der Waals surface area (Å²) in [6.07, 6.45) is 7.86. The molecule has 0 spiro atoms. The van der Waals surface area contributed by atoms with E-state index in [0.29, 0.717) is 0 Å². The first-order valence-corrected chi connectivity index (χ1v) is 5.06. The lowest BCUT2D eigenvalue weighted by Crippen LogP contribution is -2.14. The molecule has 0 aromatic heterocycles. The molecule has 0 aliphatic heterocycles. The van der Waals surface area contributed by atoms with Crippen LogP contribution in [0.4, 0.5) is 0 Å². The zero-order chi connectivity index (χ0) is 8.97. The van der Waals surface area contributed by atoms with E-state index in [1.807, 2.05) is 0 Å². The lowest BCUT2D eigenvalue weighted by atomic mass is 9.86. The van der Waals surface area contributed by atoms with Crippen molar-refractivity contribution in [1.82, 2.24) is 0 Å². The second-order valence-corrected chi connectivity index (χ2v) is 3.99. The highest BCUT2D eigenvalue weighted by Gasteiger charge is 2.15. The zero-order valence-corrected chi connectivity index (χ0v) is 8.21. The molecule has 0 fully saturated rings. The molecule has 0 heterocycles. The molecule has 1 aliphatic carbocycles. The van der Waals surface area contributed by atoms with Crippen molar-refractivity contribution in [1.29, 1.82) is 0 Å². The first-order valence-electron chi connectivity index (χ1n) is 5.06. The van der Waals surface area contributed by atoms with Gasteiger partial charge < -0.3 is 5.11 Å². The highest BCUT2D eigenvalue weighted by molar-refractivity contribution is 5.02. The molecule has 0 radical (unpaired) electrons. The topological polar surface area (TPSA) is 20.2 Å². The Morgan fingerprint density at radius 1 is 1.67 bits per heavy atom. The molecule has 1 rings (SSSR count). The Labute approximate surface area is 75.5 Å². The van der Waals surface area contributed by atoms with Crippen molar-refractivity contribution < 1.29 is 5.11 Å². The van der Waals surface area contributed by atoms with Crippen molar-refractivity contribution in [3.63, 3.8) is 0 Å². The lowest BCUT2D eigenvalue weighted by Gasteiger charge is -2.22. The van der Waals surface area contributed by atoms with Gasteiger partial charge in [-0.05, 0) is 44.9 Å². The van der Waals surface area contributed by atoms with E-state index in [2.05, 4.69) is 19.9 Å². The summed E-state index contributed by atoms with van der Waals surface area (Å²) in [5, 5.41) is 9.46. The second kappa shape index (κ2) is 4.66. The summed E-state index contributed by atoms with van der Waals surface area (Å²) in [6.45, 7) is 4.25. The first kappa shape index (κ1) is 9.79. The monoisotopic (exact) mass is 168 g/mol. The maximum absolute atomic E-state index is 9.46. The van der Waals surface area contributed by atoms with Crippen LogP contribution in [0.2, 0.25) is 0 Å². The van der Waals surface area contributed by atoms with Gasteiger partial charge in [0.05, 0.1) is 6.10 Å². The SMILES string of the molecule is CCC(O)CC1CC=C(C)CC1. The maximum atomic E-state index is 9.46. The molecule has 70 valence electrons. The van der Waals surface area contributed by atoms with Crippen LogP contribution < -0.4 is 0 Å². The summed E-state index contributed by atoms with van der Waals surface area (Å²) < 4.78 is 0. The van der Waals surface area contributed by atoms with Gasteiger partial charge in [-0.1, -0.05) is 18.6 Å². The number of aliphatic hydroxyl groups excluding tert-OH is 1. The molecule has 0 bridgehead atoms. The van der Waals surface area contributed by atoms with Crippen LogP contribution in [0.5, 0.6) is 0 Å². The van der Waals surface area contributed by atoms with Gasteiger partial charge in [-0.2, -0.15) is 0 Å². The van der Waals surface area contributed by atoms with Crippen LogP contribution in [-0.2, 0) is 0 Å². The third-order valence-corrected chi connectivity index (χ3v) is 2.82. The Balaban J connectivity index is 2.27. The third-order valence-electron chi connectivity index (χ3n) is 2.82. The molecule has 0 amide bonds. The smallest absolute Gasteiger partial charge is 0.0540 e. The normalized spacial score (nSPS) is 26.6. The second-order valence-electron chi connectivity index (χ2n) is 3.99. The molecule has 12 heavy (non-hydrogen) atoms.